The van der Waals surface area contributed by atoms with E-state index < -0.39 is 0 Å². The number of pyridine rings is 7. The van der Waals surface area contributed by atoms with Gasteiger partial charge in [-0.05, 0) is 212 Å². The minimum Gasteiger partial charge on any atom is -0.379 e. The molecule has 0 atom stereocenters. The lowest BCUT2D eigenvalue weighted by Crippen LogP contribution is -2.44. The molecule has 37 heteroatoms. The van der Waals surface area contributed by atoms with Crippen molar-refractivity contribution in [2.24, 2.45) is 0 Å². The van der Waals surface area contributed by atoms with Gasteiger partial charge in [-0.15, -0.1) is 0 Å². The normalized spacial score (nSPS) is 16.3. The maximum absolute atomic E-state index is 13.2. The van der Waals surface area contributed by atoms with Crippen LogP contribution in [0, 0.1) is 0 Å². The molecule has 4 amide bonds. The molecule has 37 nitrogen and oxygen atoms in total. The summed E-state index contributed by atoms with van der Waals surface area (Å²) in [6, 6.07) is 51.9. The molecule has 147 heavy (non-hydrogen) atoms. The molecule has 0 unspecified atom stereocenters. The molecule has 5 aromatic carbocycles. The maximum Gasteiger partial charge on any atom is 0.276 e. The lowest BCUT2D eigenvalue weighted by molar-refractivity contribution is 0.0341. The average molecular weight is 1980 g/mol. The number of aromatic amines is 4. The van der Waals surface area contributed by atoms with Gasteiger partial charge < -0.3 is 69.5 Å². The Morgan fingerprint density at radius 3 is 0.857 bits per heavy atom. The molecule has 756 valence electrons. The zero-order chi connectivity index (χ0) is 100. The molecule has 11 aromatic heterocycles. The topological polar surface area (TPSA) is 397 Å². The van der Waals surface area contributed by atoms with Gasteiger partial charge in [0.25, 0.3) is 23.6 Å². The first-order chi connectivity index (χ1) is 72.1. The van der Waals surface area contributed by atoms with Gasteiger partial charge in [0, 0.05) is 237 Å². The van der Waals surface area contributed by atoms with Crippen molar-refractivity contribution in [3.05, 3.63) is 276 Å². The number of aromatic nitrogens is 15. The average Bonchev–Trinajstić information content (AvgIpc) is 1.67. The van der Waals surface area contributed by atoms with E-state index in [1.54, 1.807) is 18.6 Å². The number of fused-ring (bicyclic) bond motifs is 4. The van der Waals surface area contributed by atoms with Crippen LogP contribution in [0.15, 0.2) is 226 Å². The number of ether oxygens (including phenoxy) is 5. The molecule has 0 aliphatic carbocycles. The largest absolute Gasteiger partial charge is 0.379 e. The number of amides is 4. The number of nitrogens with one attached hydrogen (secondary N) is 8. The summed E-state index contributed by atoms with van der Waals surface area (Å²) in [6.45, 7) is 26.8. The van der Waals surface area contributed by atoms with E-state index in [0.717, 1.165) is 324 Å². The number of hydrogen-bond acceptors (Lipinski definition) is 29. The first-order valence-corrected chi connectivity index (χ1v) is 50.4. The molecule has 18 heterocycles. The summed E-state index contributed by atoms with van der Waals surface area (Å²) in [6.07, 6.45) is 23.9. The standard InChI is InChI=1S/C28H32N8O2.C28H31N7O2.C27H29N7O3.C27H30N6O2/c1-34-6-8-36(9-7-34)26-5-3-23(18-30-26)31-28(37)27-24-15-21(2-4-25(24)32-33-27)22-14-20(16-29-17-22)19-35-10-12-38-13-11-35;36-28(31-23-5-7-26(30-18-23)35-8-2-1-3-9-35)27-24-15-21(4-6-25(24)32-33-27)22-14-20(16-29-17-22)19-34-10-12-37-13-11-34;35-27(30-22-2-4-25(29-17-22)34-7-11-37-12-8-34)26-23-14-20(1-3-24(23)31-32-26)21-13-19(15-28-16-21)18-33-5-9-36-10-6-33;1-32(2)17-19-3-6-23(7-4-19)29-27(34)26-24-14-21(5-8-25(24)30-31-26)22-13-20(15-28-16-22)18-33-9-11-35-12-10-33/h2-5,14-18H,6-13,19H2,1H3,(H,31,37)(H,32,33);4-7,14-18H,1-3,8-13,19H2,(H,31,36)(H,32,33);1-4,13-17H,5-12,18H2,(H,30,35)(H,31,32);3-8,13-16H,9-12,17-18H2,1-2H3,(H,29,34)(H,30,31). The fraction of sp³-hybridized carbons (Fsp3) is 0.336. The van der Waals surface area contributed by atoms with Crippen LogP contribution >= 0.6 is 0 Å². The summed E-state index contributed by atoms with van der Waals surface area (Å²) in [5, 5.41) is 44.0. The molecular weight excluding hydrogens is 1860 g/mol. The molecule has 0 spiro atoms. The Bertz CT molecular complexity index is 6950. The second-order valence-corrected chi connectivity index (χ2v) is 38.1. The molecule has 16 aromatic rings. The van der Waals surface area contributed by atoms with Gasteiger partial charge >= 0.3 is 0 Å². The first-order valence-electron chi connectivity index (χ1n) is 50.4. The van der Waals surface area contributed by atoms with Gasteiger partial charge in [-0.3, -0.25) is 79.1 Å². The Labute approximate surface area is 851 Å². The Hall–Kier alpha value is -15.1. The molecular formula is C110H122N28O9. The van der Waals surface area contributed by atoms with Crippen molar-refractivity contribution in [3.63, 3.8) is 0 Å². The molecule has 23 rings (SSSR count). The number of piperazine rings is 1. The molecule has 0 bridgehead atoms. The zero-order valence-corrected chi connectivity index (χ0v) is 83.0. The van der Waals surface area contributed by atoms with Crippen LogP contribution in [0.5, 0.6) is 0 Å². The van der Waals surface area contributed by atoms with Crippen molar-refractivity contribution in [3.8, 4) is 44.5 Å². The summed E-state index contributed by atoms with van der Waals surface area (Å²) >= 11 is 0. The van der Waals surface area contributed by atoms with Crippen molar-refractivity contribution >= 4 is 107 Å². The molecule has 7 aliphatic rings. The second kappa shape index (κ2) is 47.8. The van der Waals surface area contributed by atoms with Gasteiger partial charge in [0.2, 0.25) is 0 Å². The van der Waals surface area contributed by atoms with Gasteiger partial charge in [-0.25, -0.2) is 15.0 Å². The van der Waals surface area contributed by atoms with Gasteiger partial charge in [0.05, 0.1) is 124 Å². The molecule has 7 aliphatic heterocycles. The minimum absolute atomic E-state index is 0.243. The highest BCUT2D eigenvalue weighted by atomic mass is 16.5. The van der Waals surface area contributed by atoms with Gasteiger partial charge in [-0.1, -0.05) is 36.4 Å². The van der Waals surface area contributed by atoms with E-state index in [0.29, 0.717) is 53.1 Å². The number of likely N-dealkylation sites (N-methyl/N-ethyl adjacent to an activating group) is 1. The third-order valence-corrected chi connectivity index (χ3v) is 27.2. The van der Waals surface area contributed by atoms with Crippen LogP contribution in [0.4, 0.5) is 40.2 Å². The Balaban J connectivity index is 0.000000119. The highest BCUT2D eigenvalue weighted by Crippen LogP contribution is 2.35. The zero-order valence-electron chi connectivity index (χ0n) is 83.0. The fourth-order valence-corrected chi connectivity index (χ4v) is 19.2. The quantitative estimate of drug-likeness (QED) is 0.0263. The summed E-state index contributed by atoms with van der Waals surface area (Å²) < 4.78 is 27.2. The summed E-state index contributed by atoms with van der Waals surface area (Å²) in [4.78, 5) is 105. The van der Waals surface area contributed by atoms with Crippen LogP contribution in [0.3, 0.4) is 0 Å². The van der Waals surface area contributed by atoms with Gasteiger partial charge in [0.15, 0.2) is 22.8 Å². The smallest absolute Gasteiger partial charge is 0.276 e. The highest BCUT2D eigenvalue weighted by molar-refractivity contribution is 6.15. The Morgan fingerprint density at radius 1 is 0.286 bits per heavy atom. The monoisotopic (exact) mass is 1980 g/mol. The van der Waals surface area contributed by atoms with Crippen LogP contribution in [-0.4, -0.2) is 321 Å². The lowest BCUT2D eigenvalue weighted by atomic mass is 10.0. The van der Waals surface area contributed by atoms with E-state index in [4.69, 9.17) is 23.7 Å². The number of rotatable bonds is 25. The number of morpholine rings is 5. The van der Waals surface area contributed by atoms with Gasteiger partial charge in [0.1, 0.15) is 17.5 Å². The first kappa shape index (κ1) is 99.2. The number of H-pyrrole nitrogens is 4. The predicted octanol–water partition coefficient (Wildman–Crippen LogP) is 13.7. The Kier molecular flexibility index (Phi) is 32.3. The summed E-state index contributed by atoms with van der Waals surface area (Å²) in [5.41, 5.74) is 21.1. The van der Waals surface area contributed by atoms with Crippen molar-refractivity contribution < 1.29 is 42.9 Å². The third kappa shape index (κ3) is 25.7. The molecule has 0 saturated carbocycles. The number of carbonyl (C=O) groups excluding carboxylic acids is 4. The second-order valence-electron chi connectivity index (χ2n) is 38.1. The van der Waals surface area contributed by atoms with Crippen LogP contribution in [0.2, 0.25) is 0 Å². The van der Waals surface area contributed by atoms with E-state index in [-0.39, 0.29) is 23.6 Å². The molecule has 7 fully saturated rings. The van der Waals surface area contributed by atoms with Crippen LogP contribution < -0.4 is 36.0 Å². The summed E-state index contributed by atoms with van der Waals surface area (Å²) in [5.74, 6) is 1.68. The minimum atomic E-state index is -0.288. The molecule has 8 N–H and O–H groups in total. The number of benzene rings is 5. The fourth-order valence-electron chi connectivity index (χ4n) is 19.2. The van der Waals surface area contributed by atoms with Crippen molar-refractivity contribution in [2.75, 3.05) is 228 Å². The SMILES string of the molecule is CN(C)Cc1ccc(NC(=O)c2n[nH]c3ccc(-c4cncc(CN5CCOCC5)c4)cc23)cc1.CN1CCN(c2ccc(NC(=O)c3n[nH]c4ccc(-c5cncc(CN6CCOCC6)c5)cc34)cn2)CC1.O=C(Nc1ccc(N2CCCCC2)nc1)c1n[nH]c2ccc(-c3cncc(CN4CCOCC4)c3)cc12.O=C(Nc1ccc(N2CCOCC2)nc1)c1n[nH]c2ccc(-c3cncc(CN4CCOCC4)c3)cc12. The van der Waals surface area contributed by atoms with E-state index >= 15 is 0 Å². The van der Waals surface area contributed by atoms with Crippen molar-refractivity contribution in [1.29, 1.82) is 0 Å². The van der Waals surface area contributed by atoms with E-state index in [1.165, 1.54) is 24.8 Å². The van der Waals surface area contributed by atoms with E-state index in [1.807, 2.05) is 197 Å². The number of piperidine rings is 1. The van der Waals surface area contributed by atoms with E-state index in [2.05, 4.69) is 172 Å². The van der Waals surface area contributed by atoms with Gasteiger partial charge in [-0.2, -0.15) is 20.4 Å². The lowest BCUT2D eigenvalue weighted by Gasteiger charge is -2.33. The van der Waals surface area contributed by atoms with Crippen LogP contribution in [0.1, 0.15) is 89.0 Å². The molecule has 7 saturated heterocycles. The van der Waals surface area contributed by atoms with E-state index in [9.17, 15) is 19.2 Å². The van der Waals surface area contributed by atoms with Crippen LogP contribution in [-0.2, 0) is 56.4 Å². The highest BCUT2D eigenvalue weighted by Gasteiger charge is 2.27. The predicted molar refractivity (Wildman–Crippen MR) is 569 cm³/mol. The van der Waals surface area contributed by atoms with Crippen LogP contribution in [0.25, 0.3) is 88.1 Å². The maximum atomic E-state index is 13.2. The third-order valence-electron chi connectivity index (χ3n) is 27.2. The number of anilines is 7. The van der Waals surface area contributed by atoms with Crippen molar-refractivity contribution in [1.82, 2.24) is 105 Å². The number of nitrogens with zero attached hydrogens (tertiary/aromatic N) is 20. The molecule has 0 radical (unpaired) electrons. The van der Waals surface area contributed by atoms with Crippen molar-refractivity contribution in [2.45, 2.75) is 52.0 Å². The number of carbonyl (C=O) groups is 4. The number of hydrogen-bond donors (Lipinski definition) is 8. The Morgan fingerprint density at radius 2 is 0.565 bits per heavy atom. The summed E-state index contributed by atoms with van der Waals surface area (Å²) in [7, 11) is 6.19.